The predicted octanol–water partition coefficient (Wildman–Crippen LogP) is 1.59. The summed E-state index contributed by atoms with van der Waals surface area (Å²) in [6, 6.07) is 0. The molecule has 2 amide bonds. The minimum atomic E-state index is -0.507. The van der Waals surface area contributed by atoms with Crippen LogP contribution in [0, 0.1) is 0 Å². The minimum absolute atomic E-state index is 0.0180. The predicted molar refractivity (Wildman–Crippen MR) is 88.2 cm³/mol. The zero-order valence-electron chi connectivity index (χ0n) is 14.7. The largest absolute Gasteiger partial charge is 0.444 e. The average molecular weight is 332 g/mol. The molecule has 0 radical (unpaired) electrons. The van der Waals surface area contributed by atoms with Crippen molar-refractivity contribution in [1.82, 2.24) is 10.6 Å². The van der Waals surface area contributed by atoms with Crippen LogP contribution < -0.4 is 10.6 Å². The van der Waals surface area contributed by atoms with Gasteiger partial charge in [0, 0.05) is 26.1 Å². The Morgan fingerprint density at radius 3 is 2.17 bits per heavy atom. The molecule has 0 rings (SSSR count). The first-order valence-electron chi connectivity index (χ1n) is 8.27. The zero-order valence-corrected chi connectivity index (χ0v) is 14.7. The van der Waals surface area contributed by atoms with Crippen LogP contribution in [-0.2, 0) is 14.3 Å². The summed E-state index contributed by atoms with van der Waals surface area (Å²) in [6.07, 6.45) is 3.60. The van der Waals surface area contributed by atoms with Crippen molar-refractivity contribution in [3.63, 3.8) is 0 Å². The Labute approximate surface area is 139 Å². The molecule has 0 saturated heterocycles. The quantitative estimate of drug-likeness (QED) is 0.472. The van der Waals surface area contributed by atoms with Crippen molar-refractivity contribution in [2.24, 2.45) is 0 Å². The second-order valence-electron chi connectivity index (χ2n) is 6.28. The van der Waals surface area contributed by atoms with Gasteiger partial charge in [0.15, 0.2) is 0 Å². The van der Waals surface area contributed by atoms with E-state index in [1.54, 1.807) is 20.8 Å². The fourth-order valence-corrected chi connectivity index (χ4v) is 1.74. The van der Waals surface area contributed by atoms with Crippen LogP contribution in [0.1, 0.15) is 52.9 Å². The second kappa shape index (κ2) is 13.1. The van der Waals surface area contributed by atoms with Crippen molar-refractivity contribution in [2.45, 2.75) is 58.5 Å². The summed E-state index contributed by atoms with van der Waals surface area (Å²) >= 11 is 0. The van der Waals surface area contributed by atoms with Crippen LogP contribution in [0.2, 0.25) is 0 Å². The van der Waals surface area contributed by atoms with E-state index in [4.69, 9.17) is 14.6 Å². The number of nitrogens with one attached hydrogen (secondary N) is 2. The topological polar surface area (TPSA) is 96.9 Å². The highest BCUT2D eigenvalue weighted by Gasteiger charge is 2.15. The molecule has 7 nitrogen and oxygen atoms in total. The molecule has 0 heterocycles. The van der Waals surface area contributed by atoms with Crippen LogP contribution in [0.4, 0.5) is 4.79 Å². The maximum absolute atomic E-state index is 11.5. The van der Waals surface area contributed by atoms with Crippen LogP contribution in [0.15, 0.2) is 0 Å². The fourth-order valence-electron chi connectivity index (χ4n) is 1.74. The number of carbonyl (C=O) groups excluding carboxylic acids is 2. The summed E-state index contributed by atoms with van der Waals surface area (Å²) in [6.45, 7) is 7.24. The first kappa shape index (κ1) is 21.7. The molecule has 0 atom stereocenters. The molecule has 0 aliphatic carbocycles. The van der Waals surface area contributed by atoms with E-state index in [1.165, 1.54) is 0 Å². The molecule has 0 bridgehead atoms. The van der Waals surface area contributed by atoms with Gasteiger partial charge in [-0.3, -0.25) is 4.79 Å². The Morgan fingerprint density at radius 1 is 0.957 bits per heavy atom. The van der Waals surface area contributed by atoms with E-state index in [9.17, 15) is 9.59 Å². The van der Waals surface area contributed by atoms with Gasteiger partial charge in [-0.05, 0) is 33.6 Å². The number of alkyl carbamates (subject to hydrolysis) is 1. The van der Waals surface area contributed by atoms with Gasteiger partial charge in [0.2, 0.25) is 5.91 Å². The maximum Gasteiger partial charge on any atom is 0.407 e. The van der Waals surface area contributed by atoms with E-state index in [0.29, 0.717) is 32.7 Å². The van der Waals surface area contributed by atoms with Crippen molar-refractivity contribution < 1.29 is 24.2 Å². The zero-order chi connectivity index (χ0) is 17.6. The third-order valence-electron chi connectivity index (χ3n) is 2.80. The number of carbonyl (C=O) groups is 2. The van der Waals surface area contributed by atoms with Gasteiger partial charge >= 0.3 is 6.09 Å². The standard InChI is InChI=1S/C16H32N2O5/c1-16(2,3)23-15(21)18-10-13-22-12-9-17-14(20)8-6-4-5-7-11-19/h19H,4-13H2,1-3H3,(H,17,20)(H,18,21). The molecule has 0 aromatic heterocycles. The summed E-state index contributed by atoms with van der Waals surface area (Å²) in [5, 5.41) is 14.0. The van der Waals surface area contributed by atoms with Gasteiger partial charge in [-0.15, -0.1) is 0 Å². The summed E-state index contributed by atoms with van der Waals surface area (Å²) < 4.78 is 10.4. The first-order valence-corrected chi connectivity index (χ1v) is 8.27. The molecule has 7 heteroatoms. The molecule has 0 spiro atoms. The highest BCUT2D eigenvalue weighted by atomic mass is 16.6. The summed E-state index contributed by atoms with van der Waals surface area (Å²) in [5.41, 5.74) is -0.507. The van der Waals surface area contributed by atoms with Gasteiger partial charge in [-0.25, -0.2) is 4.79 Å². The molecular weight excluding hydrogens is 300 g/mol. The van der Waals surface area contributed by atoms with Crippen molar-refractivity contribution in [3.05, 3.63) is 0 Å². The van der Waals surface area contributed by atoms with Crippen molar-refractivity contribution in [1.29, 1.82) is 0 Å². The molecule has 0 aromatic carbocycles. The Bertz CT molecular complexity index is 329. The molecule has 136 valence electrons. The lowest BCUT2D eigenvalue weighted by molar-refractivity contribution is -0.121. The van der Waals surface area contributed by atoms with Crippen molar-refractivity contribution >= 4 is 12.0 Å². The van der Waals surface area contributed by atoms with E-state index in [2.05, 4.69) is 10.6 Å². The molecule has 0 aromatic rings. The lowest BCUT2D eigenvalue weighted by Crippen LogP contribution is -2.34. The number of rotatable bonds is 12. The highest BCUT2D eigenvalue weighted by molar-refractivity contribution is 5.75. The fraction of sp³-hybridized carbons (Fsp3) is 0.875. The van der Waals surface area contributed by atoms with Crippen LogP contribution in [-0.4, -0.2) is 55.6 Å². The van der Waals surface area contributed by atoms with Crippen LogP contribution in [0.5, 0.6) is 0 Å². The number of aliphatic hydroxyl groups excluding tert-OH is 1. The number of unbranched alkanes of at least 4 members (excludes halogenated alkanes) is 3. The van der Waals surface area contributed by atoms with Gasteiger partial charge in [0.1, 0.15) is 5.60 Å². The number of amides is 2. The summed E-state index contributed by atoms with van der Waals surface area (Å²) in [4.78, 5) is 22.8. The van der Waals surface area contributed by atoms with E-state index in [1.807, 2.05) is 0 Å². The van der Waals surface area contributed by atoms with Crippen LogP contribution >= 0.6 is 0 Å². The smallest absolute Gasteiger partial charge is 0.407 e. The van der Waals surface area contributed by atoms with Gasteiger partial charge in [0.05, 0.1) is 13.2 Å². The summed E-state index contributed by atoms with van der Waals surface area (Å²) in [5.74, 6) is 0.0180. The van der Waals surface area contributed by atoms with Crippen molar-refractivity contribution in [3.8, 4) is 0 Å². The third-order valence-corrected chi connectivity index (χ3v) is 2.80. The maximum atomic E-state index is 11.5. The Balaban J connectivity index is 3.35. The van der Waals surface area contributed by atoms with Crippen molar-refractivity contribution in [2.75, 3.05) is 32.9 Å². The van der Waals surface area contributed by atoms with Crippen LogP contribution in [0.3, 0.4) is 0 Å². The number of aliphatic hydroxyl groups is 1. The highest BCUT2D eigenvalue weighted by Crippen LogP contribution is 2.06. The molecule has 3 N–H and O–H groups in total. The van der Waals surface area contributed by atoms with Gasteiger partial charge in [0.25, 0.3) is 0 Å². The van der Waals surface area contributed by atoms with Gasteiger partial charge in [-0.1, -0.05) is 12.8 Å². The Hall–Kier alpha value is -1.34. The molecular formula is C16H32N2O5. The van der Waals surface area contributed by atoms with E-state index >= 15 is 0 Å². The monoisotopic (exact) mass is 332 g/mol. The second-order valence-corrected chi connectivity index (χ2v) is 6.28. The molecule has 0 fully saturated rings. The molecule has 0 aliphatic rings. The van der Waals surface area contributed by atoms with E-state index < -0.39 is 11.7 Å². The molecule has 0 saturated carbocycles. The van der Waals surface area contributed by atoms with Gasteiger partial charge < -0.3 is 25.2 Å². The number of ether oxygens (including phenoxy) is 2. The third kappa shape index (κ3) is 16.9. The first-order chi connectivity index (χ1) is 10.8. The van der Waals surface area contributed by atoms with E-state index in [-0.39, 0.29) is 12.5 Å². The lowest BCUT2D eigenvalue weighted by Gasteiger charge is -2.19. The molecule has 23 heavy (non-hydrogen) atoms. The van der Waals surface area contributed by atoms with E-state index in [0.717, 1.165) is 25.7 Å². The molecule has 0 aliphatic heterocycles. The minimum Gasteiger partial charge on any atom is -0.444 e. The Kier molecular flexibility index (Phi) is 12.4. The number of hydrogen-bond acceptors (Lipinski definition) is 5. The average Bonchev–Trinajstić information content (AvgIpc) is 2.44. The van der Waals surface area contributed by atoms with Crippen LogP contribution in [0.25, 0.3) is 0 Å². The lowest BCUT2D eigenvalue weighted by atomic mass is 10.1. The number of hydrogen-bond donors (Lipinski definition) is 3. The molecule has 0 unspecified atom stereocenters. The normalized spacial score (nSPS) is 11.1. The SMILES string of the molecule is CC(C)(C)OC(=O)NCCOCCNC(=O)CCCCCCO. The Morgan fingerprint density at radius 2 is 1.57 bits per heavy atom. The summed E-state index contributed by atoms with van der Waals surface area (Å²) in [7, 11) is 0. The van der Waals surface area contributed by atoms with Gasteiger partial charge in [-0.2, -0.15) is 0 Å².